The van der Waals surface area contributed by atoms with Gasteiger partial charge in [0.15, 0.2) is 0 Å². The van der Waals surface area contributed by atoms with Crippen LogP contribution in [0.5, 0.6) is 5.75 Å². The number of furan rings is 1. The van der Waals surface area contributed by atoms with E-state index in [0.29, 0.717) is 25.2 Å². The van der Waals surface area contributed by atoms with Gasteiger partial charge in [-0.05, 0) is 61.3 Å². The lowest BCUT2D eigenvalue weighted by Gasteiger charge is -2.40. The maximum Gasteiger partial charge on any atom is 0.223 e. The smallest absolute Gasteiger partial charge is 0.223 e. The van der Waals surface area contributed by atoms with Gasteiger partial charge in [0.25, 0.3) is 0 Å². The third-order valence-corrected chi connectivity index (χ3v) is 7.20. The average Bonchev–Trinajstić information content (AvgIpc) is 3.38. The zero-order valence-corrected chi connectivity index (χ0v) is 20.8. The monoisotopic (exact) mass is 472 g/mol. The Balaban J connectivity index is 1.63. The van der Waals surface area contributed by atoms with E-state index in [9.17, 15) is 9.59 Å². The zero-order valence-electron chi connectivity index (χ0n) is 20.0. The SMILES string of the molecule is COc1cccc(CC(C2CCN(C(=O)CCc3ccco3)CC2)N(C)C(=O)CCSC)c1. The number of ether oxygens (including phenoxy) is 1. The van der Waals surface area contributed by atoms with Crippen LogP contribution in [0.4, 0.5) is 0 Å². The van der Waals surface area contributed by atoms with Crippen LogP contribution in [-0.4, -0.2) is 66.9 Å². The van der Waals surface area contributed by atoms with Crippen molar-refractivity contribution >= 4 is 23.6 Å². The van der Waals surface area contributed by atoms with E-state index in [1.807, 2.05) is 47.4 Å². The lowest BCUT2D eigenvalue weighted by molar-refractivity contribution is -0.136. The second-order valence-corrected chi connectivity index (χ2v) is 9.65. The molecule has 0 N–H and O–H groups in total. The molecule has 1 aliphatic heterocycles. The number of thioether (sulfide) groups is 1. The summed E-state index contributed by atoms with van der Waals surface area (Å²) >= 11 is 1.70. The Morgan fingerprint density at radius 1 is 1.21 bits per heavy atom. The van der Waals surface area contributed by atoms with E-state index >= 15 is 0 Å². The number of hydrogen-bond donors (Lipinski definition) is 0. The van der Waals surface area contributed by atoms with Gasteiger partial charge in [0.2, 0.25) is 11.8 Å². The molecular weight excluding hydrogens is 436 g/mol. The second-order valence-electron chi connectivity index (χ2n) is 8.67. The molecule has 0 bridgehead atoms. The molecule has 1 aliphatic rings. The van der Waals surface area contributed by atoms with Crippen LogP contribution in [0.2, 0.25) is 0 Å². The molecule has 33 heavy (non-hydrogen) atoms. The molecule has 180 valence electrons. The van der Waals surface area contributed by atoms with Gasteiger partial charge in [-0.1, -0.05) is 12.1 Å². The van der Waals surface area contributed by atoms with Crippen LogP contribution in [0.25, 0.3) is 0 Å². The lowest BCUT2D eigenvalue weighted by Crippen LogP contribution is -2.48. The molecule has 0 aliphatic carbocycles. The van der Waals surface area contributed by atoms with E-state index in [4.69, 9.17) is 9.15 Å². The number of amides is 2. The van der Waals surface area contributed by atoms with Crippen molar-refractivity contribution in [1.82, 2.24) is 9.80 Å². The summed E-state index contributed by atoms with van der Waals surface area (Å²) in [5.74, 6) is 3.24. The minimum absolute atomic E-state index is 0.104. The number of likely N-dealkylation sites (tertiary alicyclic amines) is 1. The predicted octanol–water partition coefficient (Wildman–Crippen LogP) is 4.28. The van der Waals surface area contributed by atoms with Crippen molar-refractivity contribution in [1.29, 1.82) is 0 Å². The Kier molecular flexibility index (Phi) is 9.73. The summed E-state index contributed by atoms with van der Waals surface area (Å²) in [7, 11) is 3.61. The normalized spacial score (nSPS) is 15.3. The summed E-state index contributed by atoms with van der Waals surface area (Å²) < 4.78 is 10.7. The van der Waals surface area contributed by atoms with Crippen LogP contribution in [0.15, 0.2) is 47.1 Å². The van der Waals surface area contributed by atoms with E-state index in [1.54, 1.807) is 25.1 Å². The van der Waals surface area contributed by atoms with Gasteiger partial charge in [-0.2, -0.15) is 11.8 Å². The van der Waals surface area contributed by atoms with Gasteiger partial charge < -0.3 is 19.0 Å². The van der Waals surface area contributed by atoms with E-state index in [-0.39, 0.29) is 17.9 Å². The van der Waals surface area contributed by atoms with Gasteiger partial charge in [0.1, 0.15) is 11.5 Å². The second kappa shape index (κ2) is 12.7. The molecule has 0 radical (unpaired) electrons. The molecule has 1 aromatic heterocycles. The van der Waals surface area contributed by atoms with Crippen molar-refractivity contribution in [3.8, 4) is 5.75 Å². The summed E-state index contributed by atoms with van der Waals surface area (Å²) in [6, 6.07) is 12.0. The highest BCUT2D eigenvalue weighted by atomic mass is 32.2. The number of rotatable bonds is 11. The maximum absolute atomic E-state index is 12.9. The maximum atomic E-state index is 12.9. The number of benzene rings is 1. The van der Waals surface area contributed by atoms with Crippen LogP contribution >= 0.6 is 11.8 Å². The molecule has 1 unspecified atom stereocenters. The van der Waals surface area contributed by atoms with Crippen LogP contribution in [-0.2, 0) is 22.4 Å². The fourth-order valence-electron chi connectivity index (χ4n) is 4.59. The van der Waals surface area contributed by atoms with E-state index in [2.05, 4.69) is 12.1 Å². The first-order valence-corrected chi connectivity index (χ1v) is 13.1. The zero-order chi connectivity index (χ0) is 23.6. The Morgan fingerprint density at radius 2 is 2.00 bits per heavy atom. The van der Waals surface area contributed by atoms with Crippen LogP contribution in [0.3, 0.4) is 0 Å². The predicted molar refractivity (Wildman–Crippen MR) is 133 cm³/mol. The van der Waals surface area contributed by atoms with Crippen LogP contribution in [0, 0.1) is 5.92 Å². The van der Waals surface area contributed by atoms with Gasteiger partial charge in [0, 0.05) is 51.2 Å². The quantitative estimate of drug-likeness (QED) is 0.488. The molecule has 6 nitrogen and oxygen atoms in total. The van der Waals surface area contributed by atoms with Gasteiger partial charge in [-0.15, -0.1) is 0 Å². The number of piperidine rings is 1. The van der Waals surface area contributed by atoms with Crippen molar-refractivity contribution in [3.63, 3.8) is 0 Å². The van der Waals surface area contributed by atoms with Crippen molar-refractivity contribution in [3.05, 3.63) is 54.0 Å². The Morgan fingerprint density at radius 3 is 2.67 bits per heavy atom. The van der Waals surface area contributed by atoms with Gasteiger partial charge in [-0.3, -0.25) is 9.59 Å². The molecule has 1 aromatic carbocycles. The summed E-state index contributed by atoms with van der Waals surface area (Å²) in [6.45, 7) is 1.48. The van der Waals surface area contributed by atoms with E-state index in [1.165, 1.54) is 5.56 Å². The topological polar surface area (TPSA) is 63.0 Å². The number of methoxy groups -OCH3 is 1. The Labute approximate surface area is 201 Å². The van der Waals surface area contributed by atoms with E-state index in [0.717, 1.165) is 49.6 Å². The highest BCUT2D eigenvalue weighted by Gasteiger charge is 2.32. The minimum Gasteiger partial charge on any atom is -0.497 e. The highest BCUT2D eigenvalue weighted by Crippen LogP contribution is 2.28. The molecule has 2 amide bonds. The average molecular weight is 473 g/mol. The van der Waals surface area contributed by atoms with E-state index < -0.39 is 0 Å². The van der Waals surface area contributed by atoms with Crippen LogP contribution < -0.4 is 4.74 Å². The molecular formula is C26H36N2O4S. The van der Waals surface area contributed by atoms with Gasteiger partial charge >= 0.3 is 0 Å². The molecule has 2 aromatic rings. The molecule has 3 rings (SSSR count). The lowest BCUT2D eigenvalue weighted by atomic mass is 9.84. The molecule has 1 saturated heterocycles. The molecule has 7 heteroatoms. The molecule has 2 heterocycles. The van der Waals surface area contributed by atoms with Crippen molar-refractivity contribution < 1.29 is 18.7 Å². The number of hydrogen-bond acceptors (Lipinski definition) is 5. The van der Waals surface area contributed by atoms with Gasteiger partial charge in [0.05, 0.1) is 13.4 Å². The van der Waals surface area contributed by atoms with Crippen molar-refractivity contribution in [2.75, 3.05) is 39.3 Å². The summed E-state index contributed by atoms with van der Waals surface area (Å²) in [4.78, 5) is 29.5. The number of carbonyl (C=O) groups is 2. The molecule has 1 fully saturated rings. The minimum atomic E-state index is 0.104. The standard InChI is InChI=1S/C26H36N2O4S/c1-27(25(29)13-17-33-3)24(19-20-6-4-7-23(18-20)31-2)21-11-14-28(15-12-21)26(30)10-9-22-8-5-16-32-22/h4-8,16,18,21,24H,9-15,17,19H2,1-3H3. The molecule has 1 atom stereocenters. The number of aryl methyl sites for hydroxylation is 1. The molecule has 0 saturated carbocycles. The Hall–Kier alpha value is -2.41. The summed E-state index contributed by atoms with van der Waals surface area (Å²) in [5.41, 5.74) is 1.17. The first kappa shape index (κ1) is 25.2. The first-order valence-electron chi connectivity index (χ1n) is 11.7. The number of carbonyl (C=O) groups excluding carboxylic acids is 2. The third-order valence-electron chi connectivity index (χ3n) is 6.59. The summed E-state index contributed by atoms with van der Waals surface area (Å²) in [5, 5.41) is 0. The fraction of sp³-hybridized carbons (Fsp3) is 0.538. The van der Waals surface area contributed by atoms with Crippen LogP contribution in [0.1, 0.15) is 37.0 Å². The third kappa shape index (κ3) is 7.29. The first-order chi connectivity index (χ1) is 16.0. The molecule has 0 spiro atoms. The van der Waals surface area contributed by atoms with Gasteiger partial charge in [-0.25, -0.2) is 0 Å². The summed E-state index contributed by atoms with van der Waals surface area (Å²) in [6.07, 6.45) is 7.93. The highest BCUT2D eigenvalue weighted by molar-refractivity contribution is 7.98. The number of nitrogens with zero attached hydrogens (tertiary/aromatic N) is 2. The van der Waals surface area contributed by atoms with Crippen molar-refractivity contribution in [2.24, 2.45) is 5.92 Å². The number of likely N-dealkylation sites (N-methyl/N-ethyl adjacent to an activating group) is 1. The fourth-order valence-corrected chi connectivity index (χ4v) is 4.97. The Bertz CT molecular complexity index is 878. The largest absolute Gasteiger partial charge is 0.497 e. The van der Waals surface area contributed by atoms with Crippen molar-refractivity contribution in [2.45, 2.75) is 44.6 Å².